The van der Waals surface area contributed by atoms with E-state index < -0.39 is 6.10 Å². The predicted octanol–water partition coefficient (Wildman–Crippen LogP) is 3.36. The maximum Gasteiger partial charge on any atom is 0.264 e. The molecule has 1 atom stereocenters. The van der Waals surface area contributed by atoms with Crippen molar-refractivity contribution in [3.05, 3.63) is 51.2 Å². The standard InChI is InChI=1S/C15H14ClNO2S/c1-17(9-12-3-2-6-20-12)15(18)14-8-10-7-11(16)4-5-13(10)19-14/h2-7,14H,8-9H2,1H3/t14-/m1/s1. The number of thiophene rings is 1. The van der Waals surface area contributed by atoms with E-state index in [2.05, 4.69) is 0 Å². The monoisotopic (exact) mass is 307 g/mol. The molecule has 2 aromatic rings. The zero-order valence-corrected chi connectivity index (χ0v) is 12.6. The molecule has 1 aliphatic rings. The molecule has 0 bridgehead atoms. The molecular weight excluding hydrogens is 294 g/mol. The predicted molar refractivity (Wildman–Crippen MR) is 80.4 cm³/mol. The van der Waals surface area contributed by atoms with E-state index in [9.17, 15) is 4.79 Å². The van der Waals surface area contributed by atoms with Gasteiger partial charge in [0, 0.05) is 23.4 Å². The Labute approximate surface area is 126 Å². The fraction of sp³-hybridized carbons (Fsp3) is 0.267. The Morgan fingerprint density at radius 2 is 2.35 bits per heavy atom. The van der Waals surface area contributed by atoms with E-state index in [-0.39, 0.29) is 5.91 Å². The van der Waals surface area contributed by atoms with Crippen molar-refractivity contribution in [2.45, 2.75) is 19.1 Å². The first-order chi connectivity index (χ1) is 9.63. The number of carbonyl (C=O) groups is 1. The molecule has 3 nitrogen and oxygen atoms in total. The van der Waals surface area contributed by atoms with Gasteiger partial charge in [0.25, 0.3) is 5.91 Å². The van der Waals surface area contributed by atoms with Crippen LogP contribution in [-0.2, 0) is 17.8 Å². The fourth-order valence-corrected chi connectivity index (χ4v) is 3.27. The molecular formula is C15H14ClNO2S. The van der Waals surface area contributed by atoms with Gasteiger partial charge in [0.15, 0.2) is 6.10 Å². The number of halogens is 1. The van der Waals surface area contributed by atoms with Crippen molar-refractivity contribution in [1.29, 1.82) is 0 Å². The minimum atomic E-state index is -0.437. The van der Waals surface area contributed by atoms with Crippen molar-refractivity contribution >= 4 is 28.8 Å². The van der Waals surface area contributed by atoms with Crippen LogP contribution in [0.25, 0.3) is 0 Å². The van der Waals surface area contributed by atoms with Gasteiger partial charge in [-0.1, -0.05) is 17.7 Å². The molecule has 1 aromatic heterocycles. The van der Waals surface area contributed by atoms with Crippen LogP contribution in [-0.4, -0.2) is 24.0 Å². The molecule has 1 aromatic carbocycles. The number of carbonyl (C=O) groups excluding carboxylic acids is 1. The maximum absolute atomic E-state index is 12.4. The van der Waals surface area contributed by atoms with E-state index in [0.717, 1.165) is 11.3 Å². The van der Waals surface area contributed by atoms with Crippen LogP contribution < -0.4 is 4.74 Å². The lowest BCUT2D eigenvalue weighted by molar-refractivity contribution is -0.137. The Hall–Kier alpha value is -1.52. The van der Waals surface area contributed by atoms with Crippen molar-refractivity contribution in [3.63, 3.8) is 0 Å². The second-order valence-electron chi connectivity index (χ2n) is 4.84. The molecule has 0 saturated heterocycles. The first-order valence-corrected chi connectivity index (χ1v) is 7.61. The lowest BCUT2D eigenvalue weighted by Gasteiger charge is -2.20. The molecule has 0 unspecified atom stereocenters. The minimum Gasteiger partial charge on any atom is -0.480 e. The number of hydrogen-bond acceptors (Lipinski definition) is 3. The van der Waals surface area contributed by atoms with Gasteiger partial charge in [-0.2, -0.15) is 0 Å². The van der Waals surface area contributed by atoms with Crippen molar-refractivity contribution < 1.29 is 9.53 Å². The number of likely N-dealkylation sites (N-methyl/N-ethyl adjacent to an activating group) is 1. The summed E-state index contributed by atoms with van der Waals surface area (Å²) < 4.78 is 5.72. The highest BCUT2D eigenvalue weighted by atomic mass is 35.5. The van der Waals surface area contributed by atoms with Crippen LogP contribution in [0.4, 0.5) is 0 Å². The van der Waals surface area contributed by atoms with E-state index in [1.807, 2.05) is 29.6 Å². The maximum atomic E-state index is 12.4. The summed E-state index contributed by atoms with van der Waals surface area (Å²) in [5.41, 5.74) is 1.00. The van der Waals surface area contributed by atoms with Gasteiger partial charge in [-0.05, 0) is 35.2 Å². The molecule has 0 saturated carbocycles. The highest BCUT2D eigenvalue weighted by Gasteiger charge is 2.31. The summed E-state index contributed by atoms with van der Waals surface area (Å²) in [6, 6.07) is 9.48. The molecule has 0 fully saturated rings. The number of ether oxygens (including phenoxy) is 1. The van der Waals surface area contributed by atoms with E-state index in [0.29, 0.717) is 18.0 Å². The first kappa shape index (κ1) is 13.5. The third kappa shape index (κ3) is 2.67. The highest BCUT2D eigenvalue weighted by Crippen LogP contribution is 2.31. The van der Waals surface area contributed by atoms with Gasteiger partial charge >= 0.3 is 0 Å². The van der Waals surface area contributed by atoms with Crippen LogP contribution in [0.1, 0.15) is 10.4 Å². The average Bonchev–Trinajstić information content (AvgIpc) is 3.06. The summed E-state index contributed by atoms with van der Waals surface area (Å²) in [5, 5.41) is 2.68. The zero-order valence-electron chi connectivity index (χ0n) is 11.0. The molecule has 3 rings (SSSR count). The quantitative estimate of drug-likeness (QED) is 0.870. The van der Waals surface area contributed by atoms with Crippen LogP contribution in [0, 0.1) is 0 Å². The lowest BCUT2D eigenvalue weighted by Crippen LogP contribution is -2.38. The van der Waals surface area contributed by atoms with Crippen molar-refractivity contribution in [3.8, 4) is 5.75 Å². The fourth-order valence-electron chi connectivity index (χ4n) is 2.31. The SMILES string of the molecule is CN(Cc1cccs1)C(=O)[C@H]1Cc2cc(Cl)ccc2O1. The number of hydrogen-bond donors (Lipinski definition) is 0. The summed E-state index contributed by atoms with van der Waals surface area (Å²) in [7, 11) is 1.81. The third-order valence-electron chi connectivity index (χ3n) is 3.32. The Kier molecular flexibility index (Phi) is 3.68. The topological polar surface area (TPSA) is 29.5 Å². The zero-order chi connectivity index (χ0) is 14.1. The molecule has 5 heteroatoms. The molecule has 1 amide bonds. The van der Waals surface area contributed by atoms with Gasteiger partial charge in [0.1, 0.15) is 5.75 Å². The van der Waals surface area contributed by atoms with Crippen LogP contribution >= 0.6 is 22.9 Å². The Morgan fingerprint density at radius 1 is 1.50 bits per heavy atom. The van der Waals surface area contributed by atoms with Crippen LogP contribution in [0.15, 0.2) is 35.7 Å². The Balaban J connectivity index is 1.67. The average molecular weight is 308 g/mol. The Morgan fingerprint density at radius 3 is 3.10 bits per heavy atom. The number of nitrogens with zero attached hydrogens (tertiary/aromatic N) is 1. The van der Waals surface area contributed by atoms with Crippen molar-refractivity contribution in [2.75, 3.05) is 7.05 Å². The molecule has 0 radical (unpaired) electrons. The number of fused-ring (bicyclic) bond motifs is 1. The van der Waals surface area contributed by atoms with Gasteiger partial charge in [0.05, 0.1) is 6.54 Å². The number of benzene rings is 1. The molecule has 2 heterocycles. The molecule has 20 heavy (non-hydrogen) atoms. The minimum absolute atomic E-state index is 0.00530. The van der Waals surface area contributed by atoms with E-state index in [4.69, 9.17) is 16.3 Å². The van der Waals surface area contributed by atoms with E-state index in [1.54, 1.807) is 29.4 Å². The summed E-state index contributed by atoms with van der Waals surface area (Å²) >= 11 is 7.61. The van der Waals surface area contributed by atoms with Crippen LogP contribution in [0.5, 0.6) is 5.75 Å². The largest absolute Gasteiger partial charge is 0.480 e. The summed E-state index contributed by atoms with van der Waals surface area (Å²) in [6.45, 7) is 0.619. The molecule has 1 aliphatic heterocycles. The van der Waals surface area contributed by atoms with E-state index in [1.165, 1.54) is 4.88 Å². The lowest BCUT2D eigenvalue weighted by atomic mass is 10.1. The molecule has 104 valence electrons. The normalized spacial score (nSPS) is 16.6. The highest BCUT2D eigenvalue weighted by molar-refractivity contribution is 7.09. The van der Waals surface area contributed by atoms with Crippen molar-refractivity contribution in [2.24, 2.45) is 0 Å². The summed E-state index contributed by atoms with van der Waals surface area (Å²) in [6.07, 6.45) is 0.150. The number of amides is 1. The Bertz CT molecular complexity index is 627. The van der Waals surface area contributed by atoms with Gasteiger partial charge in [-0.15, -0.1) is 11.3 Å². The van der Waals surface area contributed by atoms with Crippen molar-refractivity contribution in [1.82, 2.24) is 4.90 Å². The molecule has 0 aliphatic carbocycles. The first-order valence-electron chi connectivity index (χ1n) is 6.36. The van der Waals surface area contributed by atoms with Gasteiger partial charge in [-0.3, -0.25) is 4.79 Å². The van der Waals surface area contributed by atoms with Crippen LogP contribution in [0.2, 0.25) is 5.02 Å². The van der Waals surface area contributed by atoms with Crippen LogP contribution in [0.3, 0.4) is 0 Å². The second kappa shape index (κ2) is 5.46. The molecule has 0 N–H and O–H groups in total. The number of rotatable bonds is 3. The van der Waals surface area contributed by atoms with Gasteiger partial charge in [0.2, 0.25) is 0 Å². The third-order valence-corrected chi connectivity index (χ3v) is 4.42. The summed E-state index contributed by atoms with van der Waals surface area (Å²) in [5.74, 6) is 0.767. The second-order valence-corrected chi connectivity index (χ2v) is 6.31. The molecule has 0 spiro atoms. The van der Waals surface area contributed by atoms with Gasteiger partial charge < -0.3 is 9.64 Å². The van der Waals surface area contributed by atoms with E-state index >= 15 is 0 Å². The summed E-state index contributed by atoms with van der Waals surface area (Å²) in [4.78, 5) is 15.3. The smallest absolute Gasteiger partial charge is 0.264 e. The van der Waals surface area contributed by atoms with Gasteiger partial charge in [-0.25, -0.2) is 0 Å².